The summed E-state index contributed by atoms with van der Waals surface area (Å²) in [5.41, 5.74) is 0.736. The third-order valence-corrected chi connectivity index (χ3v) is 2.74. The van der Waals surface area contributed by atoms with Crippen molar-refractivity contribution in [3.8, 4) is 18.1 Å². The lowest BCUT2D eigenvalue weighted by Gasteiger charge is -2.05. The van der Waals surface area contributed by atoms with Crippen molar-refractivity contribution in [2.75, 3.05) is 18.1 Å². The van der Waals surface area contributed by atoms with Gasteiger partial charge in [0, 0.05) is 24.9 Å². The Balaban J connectivity index is 2.24. The summed E-state index contributed by atoms with van der Waals surface area (Å²) in [5, 5.41) is 12.3. The predicted octanol–water partition coefficient (Wildman–Crippen LogP) is 1.99. The highest BCUT2D eigenvalue weighted by Crippen LogP contribution is 2.14. The number of aromatic hydroxyl groups is 1. The summed E-state index contributed by atoms with van der Waals surface area (Å²) >= 11 is 1.67. The first-order valence-corrected chi connectivity index (χ1v) is 6.08. The number of rotatable bonds is 6. The molecule has 1 aromatic rings. The van der Waals surface area contributed by atoms with Crippen molar-refractivity contribution in [2.24, 2.45) is 0 Å². The summed E-state index contributed by atoms with van der Waals surface area (Å²) in [6.45, 7) is 1.35. The van der Waals surface area contributed by atoms with E-state index < -0.39 is 5.82 Å². The number of halogens is 1. The molecule has 86 valence electrons. The average molecular weight is 239 g/mol. The SMILES string of the molecule is C#CCSCCNCc1cc(O)cc(F)c1. The van der Waals surface area contributed by atoms with Gasteiger partial charge in [-0.2, -0.15) is 0 Å². The summed E-state index contributed by atoms with van der Waals surface area (Å²) in [4.78, 5) is 0. The number of phenolic OH excluding ortho intramolecular Hbond substituents is 1. The highest BCUT2D eigenvalue weighted by Gasteiger charge is 1.99. The standard InChI is InChI=1S/C12H14FNOS/c1-2-4-16-5-3-14-9-10-6-11(13)8-12(15)7-10/h1,6-8,14-15H,3-5,9H2. The van der Waals surface area contributed by atoms with E-state index in [1.807, 2.05) is 0 Å². The Morgan fingerprint density at radius 1 is 1.44 bits per heavy atom. The van der Waals surface area contributed by atoms with E-state index in [0.717, 1.165) is 23.9 Å². The monoisotopic (exact) mass is 239 g/mol. The van der Waals surface area contributed by atoms with Crippen LogP contribution in [0.25, 0.3) is 0 Å². The Bertz CT molecular complexity index is 356. The van der Waals surface area contributed by atoms with Gasteiger partial charge in [0.05, 0.1) is 5.75 Å². The first kappa shape index (κ1) is 12.9. The fourth-order valence-corrected chi connectivity index (χ4v) is 1.79. The number of hydrogen-bond donors (Lipinski definition) is 2. The highest BCUT2D eigenvalue weighted by atomic mass is 32.2. The Hall–Kier alpha value is -1.18. The molecule has 0 aliphatic heterocycles. The Morgan fingerprint density at radius 3 is 2.94 bits per heavy atom. The molecule has 0 saturated heterocycles. The summed E-state index contributed by atoms with van der Waals surface area (Å²) < 4.78 is 12.9. The lowest BCUT2D eigenvalue weighted by atomic mass is 10.2. The number of phenols is 1. The van der Waals surface area contributed by atoms with E-state index in [0.29, 0.717) is 12.3 Å². The van der Waals surface area contributed by atoms with E-state index in [-0.39, 0.29) is 5.75 Å². The third-order valence-electron chi connectivity index (χ3n) is 1.88. The van der Waals surface area contributed by atoms with E-state index in [2.05, 4.69) is 11.2 Å². The van der Waals surface area contributed by atoms with Gasteiger partial charge in [-0.05, 0) is 17.7 Å². The fourth-order valence-electron chi connectivity index (χ4n) is 1.24. The molecule has 0 aromatic heterocycles. The van der Waals surface area contributed by atoms with Crippen molar-refractivity contribution in [1.29, 1.82) is 0 Å². The molecule has 2 nitrogen and oxygen atoms in total. The first-order valence-electron chi connectivity index (χ1n) is 4.92. The summed E-state index contributed by atoms with van der Waals surface area (Å²) in [7, 11) is 0. The van der Waals surface area contributed by atoms with Crippen LogP contribution in [0.1, 0.15) is 5.56 Å². The van der Waals surface area contributed by atoms with Gasteiger partial charge in [0.1, 0.15) is 11.6 Å². The predicted molar refractivity (Wildman–Crippen MR) is 65.9 cm³/mol. The van der Waals surface area contributed by atoms with E-state index >= 15 is 0 Å². The lowest BCUT2D eigenvalue weighted by Crippen LogP contribution is -2.16. The van der Waals surface area contributed by atoms with Crippen molar-refractivity contribution in [3.63, 3.8) is 0 Å². The maximum absolute atomic E-state index is 12.9. The van der Waals surface area contributed by atoms with Crippen molar-refractivity contribution < 1.29 is 9.50 Å². The molecule has 0 spiro atoms. The van der Waals surface area contributed by atoms with Gasteiger partial charge < -0.3 is 10.4 Å². The smallest absolute Gasteiger partial charge is 0.127 e. The number of hydrogen-bond acceptors (Lipinski definition) is 3. The molecule has 0 saturated carbocycles. The minimum Gasteiger partial charge on any atom is -0.508 e. The van der Waals surface area contributed by atoms with Crippen LogP contribution in [0.3, 0.4) is 0 Å². The van der Waals surface area contributed by atoms with Gasteiger partial charge in [0.2, 0.25) is 0 Å². The van der Waals surface area contributed by atoms with Crippen LogP contribution in [-0.4, -0.2) is 23.2 Å². The Morgan fingerprint density at radius 2 is 2.25 bits per heavy atom. The zero-order chi connectivity index (χ0) is 11.8. The van der Waals surface area contributed by atoms with Crippen LogP contribution in [0.5, 0.6) is 5.75 Å². The molecular weight excluding hydrogens is 225 g/mol. The van der Waals surface area contributed by atoms with Crippen molar-refractivity contribution in [2.45, 2.75) is 6.54 Å². The number of terminal acetylenes is 1. The maximum Gasteiger partial charge on any atom is 0.127 e. The zero-order valence-electron chi connectivity index (χ0n) is 8.87. The van der Waals surface area contributed by atoms with E-state index in [9.17, 15) is 9.50 Å². The molecule has 0 amide bonds. The molecule has 4 heteroatoms. The largest absolute Gasteiger partial charge is 0.508 e. The van der Waals surface area contributed by atoms with E-state index in [1.54, 1.807) is 17.8 Å². The molecule has 16 heavy (non-hydrogen) atoms. The van der Waals surface area contributed by atoms with Crippen molar-refractivity contribution in [1.82, 2.24) is 5.32 Å². The summed E-state index contributed by atoms with van der Waals surface area (Å²) in [6, 6.07) is 4.04. The second kappa shape index (κ2) is 7.15. The molecule has 1 aromatic carbocycles. The van der Waals surface area contributed by atoms with E-state index in [4.69, 9.17) is 6.42 Å². The lowest BCUT2D eigenvalue weighted by molar-refractivity contribution is 0.467. The second-order valence-corrected chi connectivity index (χ2v) is 4.36. The van der Waals surface area contributed by atoms with Crippen LogP contribution in [-0.2, 0) is 6.54 Å². The van der Waals surface area contributed by atoms with Crippen molar-refractivity contribution >= 4 is 11.8 Å². The topological polar surface area (TPSA) is 32.3 Å². The maximum atomic E-state index is 12.9. The van der Waals surface area contributed by atoms with Crippen LogP contribution in [0, 0.1) is 18.2 Å². The second-order valence-electron chi connectivity index (χ2n) is 3.25. The molecule has 0 aliphatic rings. The van der Waals surface area contributed by atoms with Crippen LogP contribution >= 0.6 is 11.8 Å². The molecular formula is C12H14FNOS. The van der Waals surface area contributed by atoms with Crippen LogP contribution in [0.2, 0.25) is 0 Å². The highest BCUT2D eigenvalue weighted by molar-refractivity contribution is 7.99. The number of benzene rings is 1. The Kier molecular flexibility index (Phi) is 5.76. The van der Waals surface area contributed by atoms with Gasteiger partial charge in [-0.25, -0.2) is 4.39 Å². The normalized spacial score (nSPS) is 10.0. The Labute approximate surface area is 99.3 Å². The van der Waals surface area contributed by atoms with Crippen LogP contribution in [0.4, 0.5) is 4.39 Å². The van der Waals surface area contributed by atoms with Gasteiger partial charge in [-0.1, -0.05) is 5.92 Å². The molecule has 0 fully saturated rings. The summed E-state index contributed by atoms with van der Waals surface area (Å²) in [6.07, 6.45) is 5.11. The average Bonchev–Trinajstić information content (AvgIpc) is 2.22. The third kappa shape index (κ3) is 5.06. The first-order chi connectivity index (χ1) is 7.72. The molecule has 1 rings (SSSR count). The zero-order valence-corrected chi connectivity index (χ0v) is 9.69. The van der Waals surface area contributed by atoms with E-state index in [1.165, 1.54) is 6.07 Å². The molecule has 0 bridgehead atoms. The fraction of sp³-hybridized carbons (Fsp3) is 0.333. The molecule has 0 unspecified atom stereocenters. The van der Waals surface area contributed by atoms with Gasteiger partial charge in [-0.15, -0.1) is 18.2 Å². The number of thioether (sulfide) groups is 1. The molecule has 0 aliphatic carbocycles. The molecule has 0 heterocycles. The molecule has 0 atom stereocenters. The number of nitrogens with one attached hydrogen (secondary N) is 1. The van der Waals surface area contributed by atoms with Gasteiger partial charge >= 0.3 is 0 Å². The van der Waals surface area contributed by atoms with Gasteiger partial charge in [0.25, 0.3) is 0 Å². The summed E-state index contributed by atoms with van der Waals surface area (Å²) in [5.74, 6) is 3.72. The minimum absolute atomic E-state index is 0.0430. The molecule has 0 radical (unpaired) electrons. The van der Waals surface area contributed by atoms with Gasteiger partial charge in [-0.3, -0.25) is 0 Å². The quantitative estimate of drug-likeness (QED) is 0.588. The molecule has 2 N–H and O–H groups in total. The van der Waals surface area contributed by atoms with Crippen LogP contribution in [0.15, 0.2) is 18.2 Å². The van der Waals surface area contributed by atoms with Gasteiger partial charge in [0.15, 0.2) is 0 Å². The van der Waals surface area contributed by atoms with Crippen molar-refractivity contribution in [3.05, 3.63) is 29.6 Å². The minimum atomic E-state index is -0.418. The van der Waals surface area contributed by atoms with Crippen LogP contribution < -0.4 is 5.32 Å².